The first-order valence-electron chi connectivity index (χ1n) is 9.00. The fraction of sp³-hybridized carbons (Fsp3) is 0.182. The Morgan fingerprint density at radius 1 is 1.07 bits per heavy atom. The number of halogens is 1. The summed E-state index contributed by atoms with van der Waals surface area (Å²) in [5.74, 6) is 0.894. The molecule has 2 N–H and O–H groups in total. The molecule has 1 amide bonds. The van der Waals surface area contributed by atoms with E-state index in [-0.39, 0.29) is 18.1 Å². The fourth-order valence-corrected chi connectivity index (χ4v) is 2.72. The number of ether oxygens (including phenoxy) is 1. The number of anilines is 2. The quantitative estimate of drug-likeness (QED) is 0.619. The average molecular weight is 379 g/mol. The number of benzene rings is 2. The van der Waals surface area contributed by atoms with Gasteiger partial charge < -0.3 is 15.4 Å². The van der Waals surface area contributed by atoms with E-state index in [0.29, 0.717) is 11.3 Å². The molecule has 5 nitrogen and oxygen atoms in total. The average Bonchev–Trinajstić information content (AvgIpc) is 2.71. The van der Waals surface area contributed by atoms with Crippen molar-refractivity contribution >= 4 is 17.4 Å². The summed E-state index contributed by atoms with van der Waals surface area (Å²) >= 11 is 0. The fourth-order valence-electron chi connectivity index (χ4n) is 2.72. The lowest BCUT2D eigenvalue weighted by molar-refractivity contribution is -0.115. The van der Waals surface area contributed by atoms with Crippen LogP contribution in [0.15, 0.2) is 66.9 Å². The normalized spacial score (nSPS) is 10.4. The monoisotopic (exact) mass is 379 g/mol. The smallest absolute Gasteiger partial charge is 0.228 e. The molecule has 0 radical (unpaired) electrons. The zero-order valence-electron chi connectivity index (χ0n) is 15.6. The van der Waals surface area contributed by atoms with E-state index < -0.39 is 0 Å². The third-order valence-electron chi connectivity index (χ3n) is 4.23. The topological polar surface area (TPSA) is 63.2 Å². The van der Waals surface area contributed by atoms with Gasteiger partial charge in [-0.1, -0.05) is 30.3 Å². The Labute approximate surface area is 163 Å². The number of nitrogens with one attached hydrogen (secondary N) is 2. The van der Waals surface area contributed by atoms with Crippen LogP contribution in [0.3, 0.4) is 0 Å². The second-order valence-corrected chi connectivity index (χ2v) is 6.27. The number of hydrogen-bond donors (Lipinski definition) is 2. The van der Waals surface area contributed by atoms with E-state index >= 15 is 0 Å². The zero-order chi connectivity index (χ0) is 19.8. The molecule has 1 heterocycles. The summed E-state index contributed by atoms with van der Waals surface area (Å²) in [5, 5.41) is 5.97. The predicted octanol–water partition coefficient (Wildman–Crippen LogP) is 4.07. The highest BCUT2D eigenvalue weighted by molar-refractivity contribution is 5.92. The minimum Gasteiger partial charge on any atom is -0.497 e. The number of carbonyl (C=O) groups excluding carboxylic acids is 1. The van der Waals surface area contributed by atoms with Gasteiger partial charge in [-0.25, -0.2) is 9.37 Å². The van der Waals surface area contributed by atoms with Crippen molar-refractivity contribution in [3.63, 3.8) is 0 Å². The van der Waals surface area contributed by atoms with Crippen molar-refractivity contribution in [2.45, 2.75) is 12.8 Å². The number of rotatable bonds is 8. The molecule has 6 heteroatoms. The maximum absolute atomic E-state index is 13.6. The first kappa shape index (κ1) is 19.4. The number of amides is 1. The van der Waals surface area contributed by atoms with Crippen molar-refractivity contribution in [2.24, 2.45) is 0 Å². The van der Waals surface area contributed by atoms with Crippen molar-refractivity contribution in [3.05, 3.63) is 83.8 Å². The molecule has 2 aromatic carbocycles. The summed E-state index contributed by atoms with van der Waals surface area (Å²) < 4.78 is 18.8. The van der Waals surface area contributed by atoms with E-state index in [0.717, 1.165) is 24.5 Å². The van der Waals surface area contributed by atoms with Gasteiger partial charge in [-0.3, -0.25) is 4.79 Å². The van der Waals surface area contributed by atoms with Crippen LogP contribution in [0, 0.1) is 5.82 Å². The van der Waals surface area contributed by atoms with E-state index in [1.807, 2.05) is 24.3 Å². The minimum absolute atomic E-state index is 0.0193. The van der Waals surface area contributed by atoms with Crippen molar-refractivity contribution in [1.29, 1.82) is 0 Å². The summed E-state index contributed by atoms with van der Waals surface area (Å²) in [6, 6.07) is 17.7. The van der Waals surface area contributed by atoms with Crippen LogP contribution in [0.4, 0.5) is 15.9 Å². The van der Waals surface area contributed by atoms with Gasteiger partial charge in [0.25, 0.3) is 0 Å². The van der Waals surface area contributed by atoms with E-state index in [9.17, 15) is 9.18 Å². The van der Waals surface area contributed by atoms with Gasteiger partial charge in [0, 0.05) is 6.54 Å². The second-order valence-electron chi connectivity index (χ2n) is 6.27. The summed E-state index contributed by atoms with van der Waals surface area (Å²) in [6.45, 7) is 0.734. The first-order chi connectivity index (χ1) is 13.6. The Morgan fingerprint density at radius 2 is 1.86 bits per heavy atom. The van der Waals surface area contributed by atoms with Gasteiger partial charge >= 0.3 is 0 Å². The van der Waals surface area contributed by atoms with Gasteiger partial charge in [0.15, 0.2) is 0 Å². The van der Waals surface area contributed by atoms with E-state index in [1.54, 1.807) is 43.6 Å². The molecule has 0 bridgehead atoms. The largest absolute Gasteiger partial charge is 0.497 e. The molecule has 0 saturated carbocycles. The number of methoxy groups -OCH3 is 1. The maximum Gasteiger partial charge on any atom is 0.228 e. The molecule has 144 valence electrons. The highest BCUT2D eigenvalue weighted by Gasteiger charge is 2.08. The molecule has 0 aliphatic rings. The standard InChI is InChI=1S/C22H22FN3O2/c1-28-19-9-6-16(7-10-19)12-13-24-21-11-8-18(15-25-21)26-22(27)14-17-4-2-3-5-20(17)23/h2-11,15H,12-14H2,1H3,(H,24,25)(H,26,27). The Morgan fingerprint density at radius 3 is 2.54 bits per heavy atom. The van der Waals surface area contributed by atoms with Crippen molar-refractivity contribution in [2.75, 3.05) is 24.3 Å². The molecular formula is C22H22FN3O2. The van der Waals surface area contributed by atoms with Gasteiger partial charge in [-0.05, 0) is 47.9 Å². The first-order valence-corrected chi connectivity index (χ1v) is 9.00. The molecule has 3 rings (SSSR count). The molecule has 0 unspecified atom stereocenters. The van der Waals surface area contributed by atoms with E-state index in [2.05, 4.69) is 15.6 Å². The van der Waals surface area contributed by atoms with Gasteiger partial charge in [0.1, 0.15) is 17.4 Å². The van der Waals surface area contributed by atoms with Crippen LogP contribution in [0.25, 0.3) is 0 Å². The summed E-state index contributed by atoms with van der Waals surface area (Å²) in [5.41, 5.74) is 2.14. The van der Waals surface area contributed by atoms with Crippen LogP contribution in [0.5, 0.6) is 5.75 Å². The molecule has 0 aliphatic carbocycles. The molecular weight excluding hydrogens is 357 g/mol. The lowest BCUT2D eigenvalue weighted by atomic mass is 10.1. The van der Waals surface area contributed by atoms with Gasteiger partial charge in [-0.2, -0.15) is 0 Å². The summed E-state index contributed by atoms with van der Waals surface area (Å²) in [7, 11) is 1.65. The Bertz CT molecular complexity index is 912. The lowest BCUT2D eigenvalue weighted by Gasteiger charge is -2.09. The van der Waals surface area contributed by atoms with Crippen LogP contribution >= 0.6 is 0 Å². The molecule has 1 aromatic heterocycles. The number of aromatic nitrogens is 1. The van der Waals surface area contributed by atoms with Gasteiger partial charge in [0.2, 0.25) is 5.91 Å². The van der Waals surface area contributed by atoms with Crippen LogP contribution in [0.1, 0.15) is 11.1 Å². The molecule has 0 fully saturated rings. The van der Waals surface area contributed by atoms with Crippen molar-refractivity contribution in [3.8, 4) is 5.75 Å². The zero-order valence-corrected chi connectivity index (χ0v) is 15.6. The van der Waals surface area contributed by atoms with Gasteiger partial charge in [-0.15, -0.1) is 0 Å². The Hall–Kier alpha value is -3.41. The predicted molar refractivity (Wildman–Crippen MR) is 108 cm³/mol. The lowest BCUT2D eigenvalue weighted by Crippen LogP contribution is -2.15. The Balaban J connectivity index is 1.46. The third-order valence-corrected chi connectivity index (χ3v) is 4.23. The van der Waals surface area contributed by atoms with Crippen LogP contribution in [0.2, 0.25) is 0 Å². The number of pyridine rings is 1. The molecule has 0 saturated heterocycles. The van der Waals surface area contributed by atoms with Crippen LogP contribution < -0.4 is 15.4 Å². The molecule has 0 atom stereocenters. The molecule has 0 aliphatic heterocycles. The molecule has 3 aromatic rings. The second kappa shape index (κ2) is 9.50. The number of nitrogens with zero attached hydrogens (tertiary/aromatic N) is 1. The van der Waals surface area contributed by atoms with Gasteiger partial charge in [0.05, 0.1) is 25.4 Å². The molecule has 28 heavy (non-hydrogen) atoms. The van der Waals surface area contributed by atoms with E-state index in [1.165, 1.54) is 11.6 Å². The SMILES string of the molecule is COc1ccc(CCNc2ccc(NC(=O)Cc3ccccc3F)cn2)cc1. The molecule has 0 spiro atoms. The highest BCUT2D eigenvalue weighted by atomic mass is 19.1. The van der Waals surface area contributed by atoms with E-state index in [4.69, 9.17) is 4.74 Å². The number of carbonyl (C=O) groups is 1. The minimum atomic E-state index is -0.382. The van der Waals surface area contributed by atoms with Crippen LogP contribution in [-0.4, -0.2) is 24.5 Å². The summed E-state index contributed by atoms with van der Waals surface area (Å²) in [6.07, 6.45) is 2.41. The Kier molecular flexibility index (Phi) is 6.57. The van der Waals surface area contributed by atoms with Crippen molar-refractivity contribution in [1.82, 2.24) is 4.98 Å². The maximum atomic E-state index is 13.6. The van der Waals surface area contributed by atoms with Crippen molar-refractivity contribution < 1.29 is 13.9 Å². The van der Waals surface area contributed by atoms with Crippen LogP contribution in [-0.2, 0) is 17.6 Å². The summed E-state index contributed by atoms with van der Waals surface area (Å²) in [4.78, 5) is 16.4. The highest BCUT2D eigenvalue weighted by Crippen LogP contribution is 2.14. The number of hydrogen-bond acceptors (Lipinski definition) is 4. The third kappa shape index (κ3) is 5.54.